The van der Waals surface area contributed by atoms with Gasteiger partial charge in [0, 0.05) is 6.54 Å². The van der Waals surface area contributed by atoms with Crippen molar-refractivity contribution in [3.8, 4) is 24.4 Å². The van der Waals surface area contributed by atoms with Crippen LogP contribution in [0.4, 0.5) is 5.95 Å². The van der Waals surface area contributed by atoms with Crippen molar-refractivity contribution in [2.45, 2.75) is 26.9 Å². The highest BCUT2D eigenvalue weighted by atomic mass is 16.5. The lowest BCUT2D eigenvalue weighted by molar-refractivity contribution is 0.216. The summed E-state index contributed by atoms with van der Waals surface area (Å²) in [6.45, 7) is 6.52. The third kappa shape index (κ3) is 4.55. The normalized spacial score (nSPS) is 9.82. The van der Waals surface area contributed by atoms with Crippen LogP contribution in [-0.2, 0) is 0 Å². The molecule has 0 bridgehead atoms. The molecule has 0 aliphatic heterocycles. The Balaban J connectivity index is 2.88. The molecule has 1 N–H and O–H groups in total. The fourth-order valence-electron chi connectivity index (χ4n) is 1.01. The quantitative estimate of drug-likeness (QED) is 0.746. The van der Waals surface area contributed by atoms with Crippen LogP contribution in [0.2, 0.25) is 0 Å². The zero-order valence-corrected chi connectivity index (χ0v) is 10.2. The maximum atomic E-state index is 5.39. The summed E-state index contributed by atoms with van der Waals surface area (Å²) in [7, 11) is 0. The highest BCUT2D eigenvalue weighted by Crippen LogP contribution is 2.13. The number of nitrogens with zero attached hydrogens (tertiary/aromatic N) is 3. The minimum atomic E-state index is -0.0210. The van der Waals surface area contributed by atoms with Crippen LogP contribution in [0, 0.1) is 12.3 Å². The summed E-state index contributed by atoms with van der Waals surface area (Å²) in [5.74, 6) is 2.75. The SMILES string of the molecule is C#CCOc1nc(NCC)nc(OC(C)C)n1. The first-order valence-electron chi connectivity index (χ1n) is 5.38. The van der Waals surface area contributed by atoms with E-state index < -0.39 is 0 Å². The number of ether oxygens (including phenoxy) is 2. The van der Waals surface area contributed by atoms with Crippen molar-refractivity contribution >= 4 is 5.95 Å². The lowest BCUT2D eigenvalue weighted by Crippen LogP contribution is -2.12. The highest BCUT2D eigenvalue weighted by Gasteiger charge is 2.09. The number of anilines is 1. The first kappa shape index (κ1) is 13.0. The number of nitrogens with one attached hydrogen (secondary N) is 1. The summed E-state index contributed by atoms with van der Waals surface area (Å²) in [5, 5.41) is 2.96. The number of terminal acetylenes is 1. The van der Waals surface area contributed by atoms with E-state index in [0.717, 1.165) is 0 Å². The Morgan fingerprint density at radius 2 is 2.00 bits per heavy atom. The second-order valence-electron chi connectivity index (χ2n) is 3.41. The van der Waals surface area contributed by atoms with Crippen LogP contribution in [0.25, 0.3) is 0 Å². The largest absolute Gasteiger partial charge is 0.461 e. The van der Waals surface area contributed by atoms with Crippen molar-refractivity contribution in [1.29, 1.82) is 0 Å². The Hall–Kier alpha value is -2.03. The van der Waals surface area contributed by atoms with Crippen molar-refractivity contribution in [3.63, 3.8) is 0 Å². The predicted molar refractivity (Wildman–Crippen MR) is 64.1 cm³/mol. The van der Waals surface area contributed by atoms with E-state index in [-0.39, 0.29) is 24.7 Å². The molecule has 1 heterocycles. The van der Waals surface area contributed by atoms with Gasteiger partial charge in [-0.05, 0) is 20.8 Å². The van der Waals surface area contributed by atoms with E-state index in [1.165, 1.54) is 0 Å². The number of hydrogen-bond donors (Lipinski definition) is 1. The molecule has 0 unspecified atom stereocenters. The summed E-state index contributed by atoms with van der Waals surface area (Å²) in [5.41, 5.74) is 0. The van der Waals surface area contributed by atoms with E-state index in [0.29, 0.717) is 12.5 Å². The van der Waals surface area contributed by atoms with Crippen molar-refractivity contribution in [1.82, 2.24) is 15.0 Å². The molecule has 0 saturated heterocycles. The fraction of sp³-hybridized carbons (Fsp3) is 0.545. The molecule has 0 aromatic carbocycles. The number of aromatic nitrogens is 3. The van der Waals surface area contributed by atoms with Gasteiger partial charge >= 0.3 is 12.0 Å². The average Bonchev–Trinajstić information content (AvgIpc) is 2.25. The minimum absolute atomic E-state index is 0.0210. The highest BCUT2D eigenvalue weighted by molar-refractivity contribution is 5.27. The molecule has 0 radical (unpaired) electrons. The average molecular weight is 236 g/mol. The summed E-state index contributed by atoms with van der Waals surface area (Å²) in [6, 6.07) is 0.377. The summed E-state index contributed by atoms with van der Waals surface area (Å²) >= 11 is 0. The summed E-state index contributed by atoms with van der Waals surface area (Å²) in [6.07, 6.45) is 5.08. The zero-order chi connectivity index (χ0) is 12.7. The van der Waals surface area contributed by atoms with Crippen LogP contribution >= 0.6 is 0 Å². The van der Waals surface area contributed by atoms with Crippen LogP contribution in [0.3, 0.4) is 0 Å². The van der Waals surface area contributed by atoms with Crippen LogP contribution in [-0.4, -0.2) is 34.2 Å². The van der Waals surface area contributed by atoms with E-state index in [4.69, 9.17) is 15.9 Å². The van der Waals surface area contributed by atoms with Crippen LogP contribution in [0.5, 0.6) is 12.0 Å². The van der Waals surface area contributed by atoms with E-state index in [2.05, 4.69) is 26.2 Å². The van der Waals surface area contributed by atoms with Gasteiger partial charge in [0.2, 0.25) is 5.95 Å². The Labute approximate surface area is 101 Å². The molecule has 6 heteroatoms. The molecular formula is C11H16N4O2. The maximum absolute atomic E-state index is 5.39. The summed E-state index contributed by atoms with van der Waals surface area (Å²) < 4.78 is 10.5. The predicted octanol–water partition coefficient (Wildman–Crippen LogP) is 1.10. The molecule has 0 saturated carbocycles. The van der Waals surface area contributed by atoms with Crippen LogP contribution in [0.15, 0.2) is 0 Å². The Kier molecular flexibility index (Phi) is 5.01. The first-order valence-corrected chi connectivity index (χ1v) is 5.38. The molecule has 1 rings (SSSR count). The molecule has 0 aliphatic rings. The molecule has 0 spiro atoms. The van der Waals surface area contributed by atoms with Gasteiger partial charge in [-0.15, -0.1) is 11.4 Å². The molecule has 0 fully saturated rings. The molecule has 6 nitrogen and oxygen atoms in total. The van der Waals surface area contributed by atoms with Crippen molar-refractivity contribution in [2.24, 2.45) is 0 Å². The van der Waals surface area contributed by atoms with Gasteiger partial charge in [0.15, 0.2) is 6.61 Å². The van der Waals surface area contributed by atoms with Gasteiger partial charge in [0.1, 0.15) is 0 Å². The smallest absolute Gasteiger partial charge is 0.325 e. The van der Waals surface area contributed by atoms with Crippen molar-refractivity contribution in [2.75, 3.05) is 18.5 Å². The van der Waals surface area contributed by atoms with Gasteiger partial charge < -0.3 is 14.8 Å². The Bertz CT molecular complexity index is 401. The second-order valence-corrected chi connectivity index (χ2v) is 3.41. The van der Waals surface area contributed by atoms with E-state index in [1.54, 1.807) is 0 Å². The van der Waals surface area contributed by atoms with Crippen molar-refractivity contribution in [3.05, 3.63) is 0 Å². The van der Waals surface area contributed by atoms with Crippen LogP contribution < -0.4 is 14.8 Å². The third-order valence-electron chi connectivity index (χ3n) is 1.55. The van der Waals surface area contributed by atoms with Gasteiger partial charge in [-0.1, -0.05) is 5.92 Å². The molecule has 0 amide bonds. The lowest BCUT2D eigenvalue weighted by Gasteiger charge is -2.10. The van der Waals surface area contributed by atoms with Gasteiger partial charge in [-0.3, -0.25) is 0 Å². The first-order chi connectivity index (χ1) is 8.15. The molecule has 17 heavy (non-hydrogen) atoms. The Morgan fingerprint density at radius 1 is 1.29 bits per heavy atom. The standard InChI is InChI=1S/C11H16N4O2/c1-5-7-16-10-13-9(12-6-2)14-11(15-10)17-8(3)4/h1,8H,6-7H2,2-4H3,(H,12,13,14,15). The van der Waals surface area contributed by atoms with Gasteiger partial charge in [-0.25, -0.2) is 0 Å². The minimum Gasteiger partial charge on any atom is -0.461 e. The van der Waals surface area contributed by atoms with Gasteiger partial charge in [0.25, 0.3) is 0 Å². The van der Waals surface area contributed by atoms with Crippen molar-refractivity contribution < 1.29 is 9.47 Å². The topological polar surface area (TPSA) is 69.2 Å². The van der Waals surface area contributed by atoms with Crippen LogP contribution in [0.1, 0.15) is 20.8 Å². The molecule has 0 aliphatic carbocycles. The maximum Gasteiger partial charge on any atom is 0.325 e. The molecule has 1 aromatic heterocycles. The van der Waals surface area contributed by atoms with Gasteiger partial charge in [0.05, 0.1) is 6.10 Å². The summed E-state index contributed by atoms with van der Waals surface area (Å²) in [4.78, 5) is 12.1. The number of rotatable bonds is 6. The monoisotopic (exact) mass is 236 g/mol. The van der Waals surface area contributed by atoms with E-state index in [1.807, 2.05) is 20.8 Å². The fourth-order valence-corrected chi connectivity index (χ4v) is 1.01. The molecule has 92 valence electrons. The lowest BCUT2D eigenvalue weighted by atomic mass is 10.5. The second kappa shape index (κ2) is 6.53. The zero-order valence-electron chi connectivity index (χ0n) is 10.2. The van der Waals surface area contributed by atoms with E-state index in [9.17, 15) is 0 Å². The number of hydrogen-bond acceptors (Lipinski definition) is 6. The third-order valence-corrected chi connectivity index (χ3v) is 1.55. The molecular weight excluding hydrogens is 220 g/mol. The molecule has 0 atom stereocenters. The van der Waals surface area contributed by atoms with Gasteiger partial charge in [-0.2, -0.15) is 9.97 Å². The molecule has 1 aromatic rings. The van der Waals surface area contributed by atoms with E-state index >= 15 is 0 Å². The Morgan fingerprint density at radius 3 is 2.59 bits per heavy atom.